The molecule has 0 aromatic carbocycles. The maximum absolute atomic E-state index is 10.8. The Balaban J connectivity index is 0.000000325. The average Bonchev–Trinajstić information content (AvgIpc) is 2.98. The van der Waals surface area contributed by atoms with E-state index in [9.17, 15) is 4.79 Å². The monoisotopic (exact) mass is 246 g/mol. The fourth-order valence-corrected chi connectivity index (χ4v) is 0.857. The molecule has 5 heteroatoms. The molecular formula is C12H26N2O3. The van der Waals surface area contributed by atoms with Crippen molar-refractivity contribution in [3.05, 3.63) is 0 Å². The summed E-state index contributed by atoms with van der Waals surface area (Å²) in [5.41, 5.74) is 0. The van der Waals surface area contributed by atoms with Crippen molar-refractivity contribution in [1.82, 2.24) is 10.6 Å². The molecule has 17 heavy (non-hydrogen) atoms. The number of carbonyl (C=O) groups is 1. The lowest BCUT2D eigenvalue weighted by molar-refractivity contribution is 0.136. The second-order valence-electron chi connectivity index (χ2n) is 4.70. The van der Waals surface area contributed by atoms with Gasteiger partial charge in [-0.15, -0.1) is 0 Å². The Hall–Kier alpha value is -0.810. The molecular weight excluding hydrogens is 220 g/mol. The first-order valence-electron chi connectivity index (χ1n) is 6.15. The molecule has 0 unspecified atom stereocenters. The number of alkyl carbamates (subject to hydrolysis) is 1. The predicted molar refractivity (Wildman–Crippen MR) is 67.9 cm³/mol. The molecule has 2 N–H and O–H groups in total. The van der Waals surface area contributed by atoms with Gasteiger partial charge >= 0.3 is 6.09 Å². The SMILES string of the molecule is CC(C)NC(=O)OC1CC1.COCNC(C)C. The van der Waals surface area contributed by atoms with E-state index in [1.807, 2.05) is 13.8 Å². The summed E-state index contributed by atoms with van der Waals surface area (Å²) in [6, 6.07) is 0.700. The first kappa shape index (κ1) is 16.2. The van der Waals surface area contributed by atoms with Gasteiger partial charge in [0.1, 0.15) is 6.10 Å². The number of amides is 1. The van der Waals surface area contributed by atoms with Crippen LogP contribution in [0.15, 0.2) is 0 Å². The van der Waals surface area contributed by atoms with Crippen molar-refractivity contribution in [3.8, 4) is 0 Å². The van der Waals surface area contributed by atoms with E-state index in [1.54, 1.807) is 7.11 Å². The summed E-state index contributed by atoms with van der Waals surface area (Å²) in [6.07, 6.45) is 1.99. The van der Waals surface area contributed by atoms with E-state index in [1.165, 1.54) is 0 Å². The zero-order chi connectivity index (χ0) is 13.3. The molecule has 1 aliphatic carbocycles. The molecule has 0 saturated heterocycles. The van der Waals surface area contributed by atoms with E-state index < -0.39 is 0 Å². The Morgan fingerprint density at radius 3 is 2.12 bits per heavy atom. The van der Waals surface area contributed by atoms with Crippen LogP contribution in [0.2, 0.25) is 0 Å². The number of nitrogens with one attached hydrogen (secondary N) is 2. The number of hydrogen-bond donors (Lipinski definition) is 2. The third-order valence-corrected chi connectivity index (χ3v) is 1.84. The molecule has 0 aromatic rings. The van der Waals surface area contributed by atoms with Crippen LogP contribution in [0.25, 0.3) is 0 Å². The molecule has 1 rings (SSSR count). The molecule has 0 heterocycles. The fourth-order valence-electron chi connectivity index (χ4n) is 0.857. The van der Waals surface area contributed by atoms with Crippen molar-refractivity contribution < 1.29 is 14.3 Å². The summed E-state index contributed by atoms with van der Waals surface area (Å²) < 4.78 is 9.66. The quantitative estimate of drug-likeness (QED) is 0.727. The van der Waals surface area contributed by atoms with Gasteiger partial charge < -0.3 is 14.8 Å². The minimum Gasteiger partial charge on any atom is -0.446 e. The number of ether oxygens (including phenoxy) is 2. The predicted octanol–water partition coefficient (Wildman–Crippen LogP) is 1.87. The Morgan fingerprint density at radius 2 is 1.82 bits per heavy atom. The van der Waals surface area contributed by atoms with Crippen LogP contribution >= 0.6 is 0 Å². The molecule has 1 saturated carbocycles. The molecule has 0 radical (unpaired) electrons. The van der Waals surface area contributed by atoms with Crippen LogP contribution in [0, 0.1) is 0 Å². The third-order valence-electron chi connectivity index (χ3n) is 1.84. The molecule has 1 aliphatic rings. The van der Waals surface area contributed by atoms with Crippen LogP contribution in [-0.2, 0) is 9.47 Å². The highest BCUT2D eigenvalue weighted by Crippen LogP contribution is 2.23. The van der Waals surface area contributed by atoms with E-state index in [-0.39, 0.29) is 18.2 Å². The number of methoxy groups -OCH3 is 1. The number of rotatable bonds is 5. The van der Waals surface area contributed by atoms with Crippen LogP contribution in [0.1, 0.15) is 40.5 Å². The zero-order valence-corrected chi connectivity index (χ0v) is 11.6. The largest absolute Gasteiger partial charge is 0.446 e. The normalized spacial score (nSPS) is 14.3. The molecule has 102 valence electrons. The standard InChI is InChI=1S/C7H13NO2.C5H13NO/c1-5(2)8-7(9)10-6-3-4-6;1-5(2)6-4-7-3/h5-6H,3-4H2,1-2H3,(H,8,9);5-6H,4H2,1-3H3. The highest BCUT2D eigenvalue weighted by atomic mass is 16.6. The average molecular weight is 246 g/mol. The van der Waals surface area contributed by atoms with Crippen LogP contribution < -0.4 is 10.6 Å². The Kier molecular flexibility index (Phi) is 8.80. The van der Waals surface area contributed by atoms with Gasteiger partial charge in [-0.2, -0.15) is 0 Å². The van der Waals surface area contributed by atoms with Gasteiger partial charge in [-0.1, -0.05) is 0 Å². The van der Waals surface area contributed by atoms with Crippen LogP contribution in [-0.4, -0.2) is 38.1 Å². The van der Waals surface area contributed by atoms with E-state index in [2.05, 4.69) is 24.5 Å². The van der Waals surface area contributed by atoms with Crippen molar-refractivity contribution >= 4 is 6.09 Å². The van der Waals surface area contributed by atoms with Crippen molar-refractivity contribution in [3.63, 3.8) is 0 Å². The summed E-state index contributed by atoms with van der Waals surface area (Å²) in [5, 5.41) is 5.73. The minimum absolute atomic E-state index is 0.172. The molecule has 0 aromatic heterocycles. The first-order chi connectivity index (χ1) is 7.95. The molecule has 1 amide bonds. The second-order valence-corrected chi connectivity index (χ2v) is 4.70. The van der Waals surface area contributed by atoms with Gasteiger partial charge in [-0.3, -0.25) is 5.32 Å². The van der Waals surface area contributed by atoms with Gasteiger partial charge in [0.05, 0.1) is 6.73 Å². The lowest BCUT2D eigenvalue weighted by Gasteiger charge is -2.07. The Labute approximate surface area is 104 Å². The molecule has 1 fully saturated rings. The van der Waals surface area contributed by atoms with Crippen molar-refractivity contribution in [2.45, 2.75) is 58.7 Å². The van der Waals surface area contributed by atoms with Crippen LogP contribution in [0.3, 0.4) is 0 Å². The van der Waals surface area contributed by atoms with E-state index in [0.29, 0.717) is 12.8 Å². The summed E-state index contributed by atoms with van der Waals surface area (Å²) in [4.78, 5) is 10.8. The zero-order valence-electron chi connectivity index (χ0n) is 11.6. The van der Waals surface area contributed by atoms with Gasteiger partial charge in [-0.25, -0.2) is 4.79 Å². The first-order valence-corrected chi connectivity index (χ1v) is 6.15. The van der Waals surface area contributed by atoms with Crippen molar-refractivity contribution in [1.29, 1.82) is 0 Å². The maximum atomic E-state index is 10.8. The van der Waals surface area contributed by atoms with Crippen LogP contribution in [0.5, 0.6) is 0 Å². The summed E-state index contributed by atoms with van der Waals surface area (Å²) in [6.45, 7) is 8.64. The smallest absolute Gasteiger partial charge is 0.407 e. The lowest BCUT2D eigenvalue weighted by Crippen LogP contribution is -2.31. The van der Waals surface area contributed by atoms with Gasteiger partial charge in [-0.05, 0) is 40.5 Å². The third kappa shape index (κ3) is 13.1. The van der Waals surface area contributed by atoms with Gasteiger partial charge in [0.15, 0.2) is 0 Å². The van der Waals surface area contributed by atoms with Gasteiger partial charge in [0, 0.05) is 19.2 Å². The molecule has 0 aliphatic heterocycles. The summed E-state index contributed by atoms with van der Waals surface area (Å²) in [5.74, 6) is 0. The molecule has 5 nitrogen and oxygen atoms in total. The highest BCUT2D eigenvalue weighted by Gasteiger charge is 2.25. The highest BCUT2D eigenvalue weighted by molar-refractivity contribution is 5.67. The van der Waals surface area contributed by atoms with E-state index in [4.69, 9.17) is 9.47 Å². The van der Waals surface area contributed by atoms with Crippen molar-refractivity contribution in [2.75, 3.05) is 13.8 Å². The number of carbonyl (C=O) groups excluding carboxylic acids is 1. The van der Waals surface area contributed by atoms with E-state index in [0.717, 1.165) is 12.8 Å². The fraction of sp³-hybridized carbons (Fsp3) is 0.917. The van der Waals surface area contributed by atoms with E-state index >= 15 is 0 Å². The molecule has 0 bridgehead atoms. The van der Waals surface area contributed by atoms with Crippen molar-refractivity contribution in [2.24, 2.45) is 0 Å². The molecule has 0 spiro atoms. The lowest BCUT2D eigenvalue weighted by atomic mass is 10.4. The van der Waals surface area contributed by atoms with Gasteiger partial charge in [0.25, 0.3) is 0 Å². The Morgan fingerprint density at radius 1 is 1.24 bits per heavy atom. The van der Waals surface area contributed by atoms with Crippen LogP contribution in [0.4, 0.5) is 4.79 Å². The maximum Gasteiger partial charge on any atom is 0.407 e. The summed E-state index contributed by atoms with van der Waals surface area (Å²) >= 11 is 0. The second kappa shape index (κ2) is 9.24. The minimum atomic E-state index is -0.280. The summed E-state index contributed by atoms with van der Waals surface area (Å²) in [7, 11) is 1.68. The number of hydrogen-bond acceptors (Lipinski definition) is 4. The molecule has 0 atom stereocenters. The topological polar surface area (TPSA) is 59.6 Å². The van der Waals surface area contributed by atoms with Gasteiger partial charge in [0.2, 0.25) is 0 Å². The Bertz CT molecular complexity index is 198.